The Kier molecular flexibility index (Phi) is 6.72. The summed E-state index contributed by atoms with van der Waals surface area (Å²) in [7, 11) is -3.99. The first kappa shape index (κ1) is 22.8. The van der Waals surface area contributed by atoms with Crippen LogP contribution in [-0.2, 0) is 10.0 Å². The lowest BCUT2D eigenvalue weighted by Gasteiger charge is -2.15. The molecule has 31 heavy (non-hydrogen) atoms. The van der Waals surface area contributed by atoms with E-state index >= 15 is 0 Å². The van der Waals surface area contributed by atoms with Crippen LogP contribution in [0, 0.1) is 13.8 Å². The van der Waals surface area contributed by atoms with E-state index in [1.165, 1.54) is 18.2 Å². The van der Waals surface area contributed by atoms with Gasteiger partial charge in [0.2, 0.25) is 0 Å². The minimum atomic E-state index is -3.99. The molecule has 1 amide bonds. The second-order valence-electron chi connectivity index (χ2n) is 7.75. The summed E-state index contributed by atoms with van der Waals surface area (Å²) in [4.78, 5) is 12.7. The summed E-state index contributed by atoms with van der Waals surface area (Å²) in [6, 6.07) is 17.0. The predicted octanol–water partition coefficient (Wildman–Crippen LogP) is 6.13. The summed E-state index contributed by atoms with van der Waals surface area (Å²) in [5, 5.41) is 2.91. The van der Waals surface area contributed by atoms with Gasteiger partial charge in [-0.1, -0.05) is 49.7 Å². The smallest absolute Gasteiger partial charge is 0.263 e. The van der Waals surface area contributed by atoms with Crippen LogP contribution in [0.5, 0.6) is 0 Å². The number of carbonyl (C=O) groups is 1. The maximum absolute atomic E-state index is 13.0. The van der Waals surface area contributed by atoms with Crippen molar-refractivity contribution in [2.75, 3.05) is 10.0 Å². The molecule has 3 rings (SSSR count). The average molecular weight is 457 g/mol. The number of hydrogen-bond donors (Lipinski definition) is 2. The number of anilines is 2. The first-order chi connectivity index (χ1) is 14.6. The Labute approximate surface area is 188 Å². The maximum atomic E-state index is 13.0. The molecule has 0 spiro atoms. The molecule has 0 atom stereocenters. The fourth-order valence-electron chi connectivity index (χ4n) is 3.17. The number of nitrogens with one attached hydrogen (secondary N) is 2. The third kappa shape index (κ3) is 5.27. The second-order valence-corrected chi connectivity index (χ2v) is 9.80. The van der Waals surface area contributed by atoms with E-state index in [1.807, 2.05) is 58.0 Å². The van der Waals surface area contributed by atoms with Gasteiger partial charge in [0, 0.05) is 16.9 Å². The zero-order valence-corrected chi connectivity index (χ0v) is 19.4. The lowest BCUT2D eigenvalue weighted by molar-refractivity contribution is 0.102. The monoisotopic (exact) mass is 456 g/mol. The van der Waals surface area contributed by atoms with E-state index in [9.17, 15) is 13.2 Å². The third-order valence-electron chi connectivity index (χ3n) is 5.07. The number of carbonyl (C=O) groups excluding carboxylic acids is 1. The standard InChI is InChI=1S/C24H25ClN2O3S/c1-15(2)20-7-5-6-8-22(20)26-24(28)18-10-12-21(25)23(14-18)31(29,30)27-19-11-9-16(3)17(4)13-19/h5-15,27H,1-4H3,(H,26,28). The summed E-state index contributed by atoms with van der Waals surface area (Å²) < 4.78 is 28.5. The molecule has 0 unspecified atom stereocenters. The Morgan fingerprint density at radius 2 is 1.65 bits per heavy atom. The summed E-state index contributed by atoms with van der Waals surface area (Å²) in [5.74, 6) is -0.188. The van der Waals surface area contributed by atoms with Gasteiger partial charge in [0.25, 0.3) is 15.9 Å². The topological polar surface area (TPSA) is 75.3 Å². The highest BCUT2D eigenvalue weighted by molar-refractivity contribution is 7.92. The summed E-state index contributed by atoms with van der Waals surface area (Å²) >= 11 is 6.18. The van der Waals surface area contributed by atoms with Crippen LogP contribution in [0.3, 0.4) is 0 Å². The van der Waals surface area contributed by atoms with Crippen LogP contribution in [0.1, 0.15) is 46.8 Å². The van der Waals surface area contributed by atoms with E-state index in [2.05, 4.69) is 10.0 Å². The molecule has 0 aliphatic heterocycles. The molecule has 0 fully saturated rings. The molecule has 3 aromatic rings. The van der Waals surface area contributed by atoms with Crippen LogP contribution in [-0.4, -0.2) is 14.3 Å². The molecule has 0 aliphatic rings. The van der Waals surface area contributed by atoms with Crippen LogP contribution in [0.25, 0.3) is 0 Å². The molecule has 0 heterocycles. The fourth-order valence-corrected chi connectivity index (χ4v) is 4.75. The average Bonchev–Trinajstić information content (AvgIpc) is 2.71. The van der Waals surface area contributed by atoms with Crippen LogP contribution in [0.2, 0.25) is 5.02 Å². The molecule has 3 aromatic carbocycles. The molecule has 0 aromatic heterocycles. The van der Waals surface area contributed by atoms with Gasteiger partial charge in [0.05, 0.1) is 5.02 Å². The van der Waals surface area contributed by atoms with Crippen molar-refractivity contribution in [2.45, 2.75) is 38.5 Å². The third-order valence-corrected chi connectivity index (χ3v) is 6.94. The van der Waals surface area contributed by atoms with E-state index in [-0.39, 0.29) is 21.4 Å². The number of benzene rings is 3. The lowest BCUT2D eigenvalue weighted by atomic mass is 10.0. The number of amides is 1. The van der Waals surface area contributed by atoms with Gasteiger partial charge in [-0.2, -0.15) is 0 Å². The highest BCUT2D eigenvalue weighted by Gasteiger charge is 2.21. The second kappa shape index (κ2) is 9.12. The Hall–Kier alpha value is -2.83. The first-order valence-electron chi connectivity index (χ1n) is 9.88. The maximum Gasteiger partial charge on any atom is 0.263 e. The molecular weight excluding hydrogens is 432 g/mol. The largest absolute Gasteiger partial charge is 0.322 e. The summed E-state index contributed by atoms with van der Waals surface area (Å²) in [5.41, 5.74) is 4.33. The summed E-state index contributed by atoms with van der Waals surface area (Å²) in [6.45, 7) is 7.93. The first-order valence-corrected chi connectivity index (χ1v) is 11.7. The number of para-hydroxylation sites is 1. The number of hydrogen-bond acceptors (Lipinski definition) is 3. The Morgan fingerprint density at radius 3 is 2.32 bits per heavy atom. The molecule has 162 valence electrons. The fraction of sp³-hybridized carbons (Fsp3) is 0.208. The van der Waals surface area contributed by atoms with Gasteiger partial charge in [-0.15, -0.1) is 0 Å². The van der Waals surface area contributed by atoms with Gasteiger partial charge in [-0.3, -0.25) is 9.52 Å². The molecule has 5 nitrogen and oxygen atoms in total. The molecule has 0 bridgehead atoms. The number of rotatable bonds is 6. The molecule has 0 saturated carbocycles. The van der Waals surface area contributed by atoms with Crippen molar-refractivity contribution in [2.24, 2.45) is 0 Å². The molecule has 7 heteroatoms. The Morgan fingerprint density at radius 1 is 0.935 bits per heavy atom. The highest BCUT2D eigenvalue weighted by atomic mass is 35.5. The number of halogens is 1. The van der Waals surface area contributed by atoms with Crippen molar-refractivity contribution >= 4 is 38.9 Å². The van der Waals surface area contributed by atoms with Crippen molar-refractivity contribution < 1.29 is 13.2 Å². The van der Waals surface area contributed by atoms with Crippen molar-refractivity contribution in [1.82, 2.24) is 0 Å². The van der Waals surface area contributed by atoms with Gasteiger partial charge in [0.15, 0.2) is 0 Å². The van der Waals surface area contributed by atoms with E-state index in [4.69, 9.17) is 11.6 Å². The van der Waals surface area contributed by atoms with Crippen LogP contribution >= 0.6 is 11.6 Å². The van der Waals surface area contributed by atoms with Crippen molar-refractivity contribution in [1.29, 1.82) is 0 Å². The molecule has 2 N–H and O–H groups in total. The lowest BCUT2D eigenvalue weighted by Crippen LogP contribution is -2.17. The van der Waals surface area contributed by atoms with Crippen molar-refractivity contribution in [3.05, 3.63) is 87.9 Å². The zero-order valence-electron chi connectivity index (χ0n) is 17.9. The van der Waals surface area contributed by atoms with Crippen LogP contribution < -0.4 is 10.0 Å². The van der Waals surface area contributed by atoms with Crippen LogP contribution in [0.4, 0.5) is 11.4 Å². The van der Waals surface area contributed by atoms with E-state index < -0.39 is 15.9 Å². The zero-order chi connectivity index (χ0) is 22.8. The summed E-state index contributed by atoms with van der Waals surface area (Å²) in [6.07, 6.45) is 0. The highest BCUT2D eigenvalue weighted by Crippen LogP contribution is 2.28. The molecule has 0 radical (unpaired) electrons. The molecule has 0 aliphatic carbocycles. The van der Waals surface area contributed by atoms with E-state index in [0.29, 0.717) is 11.4 Å². The minimum absolute atomic E-state index is 0.0375. The number of aryl methyl sites for hydroxylation is 2. The number of sulfonamides is 1. The van der Waals surface area contributed by atoms with Crippen molar-refractivity contribution in [3.8, 4) is 0 Å². The van der Waals surface area contributed by atoms with Gasteiger partial charge in [0.1, 0.15) is 4.90 Å². The minimum Gasteiger partial charge on any atom is -0.322 e. The molecule has 0 saturated heterocycles. The van der Waals surface area contributed by atoms with Crippen LogP contribution in [0.15, 0.2) is 65.6 Å². The quantitative estimate of drug-likeness (QED) is 0.468. The SMILES string of the molecule is Cc1ccc(NS(=O)(=O)c2cc(C(=O)Nc3ccccc3C(C)C)ccc2Cl)cc1C. The van der Waals surface area contributed by atoms with E-state index in [0.717, 1.165) is 16.7 Å². The van der Waals surface area contributed by atoms with E-state index in [1.54, 1.807) is 12.1 Å². The Bertz CT molecular complexity index is 1240. The van der Waals surface area contributed by atoms with Gasteiger partial charge >= 0.3 is 0 Å². The molecular formula is C24H25ClN2O3S. The van der Waals surface area contributed by atoms with Gasteiger partial charge in [-0.05, 0) is 72.9 Å². The normalized spacial score (nSPS) is 11.4. The van der Waals surface area contributed by atoms with Gasteiger partial charge < -0.3 is 5.32 Å². The Balaban J connectivity index is 1.90. The predicted molar refractivity (Wildman–Crippen MR) is 127 cm³/mol. The van der Waals surface area contributed by atoms with Crippen molar-refractivity contribution in [3.63, 3.8) is 0 Å². The van der Waals surface area contributed by atoms with Gasteiger partial charge in [-0.25, -0.2) is 8.42 Å².